The Morgan fingerprint density at radius 3 is 2.36 bits per heavy atom. The van der Waals surface area contributed by atoms with Crippen LogP contribution in [0.15, 0.2) is 41.6 Å². The zero-order chi connectivity index (χ0) is 22.8. The van der Waals surface area contributed by atoms with Crippen LogP contribution in [0.5, 0.6) is 0 Å². The van der Waals surface area contributed by atoms with Crippen LogP contribution in [0.3, 0.4) is 0 Å². The van der Waals surface area contributed by atoms with Crippen LogP contribution in [0.4, 0.5) is 5.95 Å². The van der Waals surface area contributed by atoms with Crippen LogP contribution in [0.1, 0.15) is 0 Å². The molecule has 2 aliphatic heterocycles. The molecule has 3 aromatic rings. The van der Waals surface area contributed by atoms with Crippen molar-refractivity contribution in [3.8, 4) is 0 Å². The third-order valence-corrected chi connectivity index (χ3v) is 8.50. The van der Waals surface area contributed by atoms with E-state index in [2.05, 4.69) is 23.6 Å². The quantitative estimate of drug-likeness (QED) is 0.494. The maximum Gasteiger partial charge on any atom is 0.245 e. The van der Waals surface area contributed by atoms with Crippen molar-refractivity contribution in [2.24, 2.45) is 0 Å². The van der Waals surface area contributed by atoms with E-state index in [0.29, 0.717) is 75.9 Å². The Hall–Kier alpha value is -2.74. The topological polar surface area (TPSA) is 116 Å². The fourth-order valence-corrected chi connectivity index (χ4v) is 6.33. The molecule has 2 aliphatic rings. The number of hydrogen-bond donors (Lipinski definition) is 0. The molecule has 0 unspecified atom stereocenters. The van der Waals surface area contributed by atoms with Crippen LogP contribution in [0, 0.1) is 0 Å². The van der Waals surface area contributed by atoms with Crippen molar-refractivity contribution in [1.82, 2.24) is 32.8 Å². The molecule has 11 nitrogen and oxygen atoms in total. The lowest BCUT2D eigenvalue weighted by atomic mass is 10.3. The van der Waals surface area contributed by atoms with Gasteiger partial charge in [-0.15, -0.1) is 0 Å². The van der Waals surface area contributed by atoms with E-state index < -0.39 is 10.0 Å². The van der Waals surface area contributed by atoms with Gasteiger partial charge in [-0.1, -0.05) is 6.07 Å². The highest BCUT2D eigenvalue weighted by Crippen LogP contribution is 2.25. The second kappa shape index (κ2) is 9.25. The molecular formula is C20H24N8O3S2. The van der Waals surface area contributed by atoms with Gasteiger partial charge in [-0.2, -0.15) is 13.1 Å². The fourth-order valence-electron chi connectivity index (χ4n) is 4.16. The maximum absolute atomic E-state index is 13.2. The summed E-state index contributed by atoms with van der Waals surface area (Å²) in [5.74, 6) is 0.754. The van der Waals surface area contributed by atoms with Gasteiger partial charge in [0.05, 0.1) is 18.3 Å². The van der Waals surface area contributed by atoms with Gasteiger partial charge < -0.3 is 9.80 Å². The van der Waals surface area contributed by atoms with Crippen molar-refractivity contribution in [2.75, 3.05) is 63.8 Å². The highest BCUT2D eigenvalue weighted by atomic mass is 32.2. The molecule has 13 heteroatoms. The molecule has 1 aromatic carbocycles. The van der Waals surface area contributed by atoms with Crippen LogP contribution in [0.2, 0.25) is 0 Å². The lowest BCUT2D eigenvalue weighted by Gasteiger charge is -2.37. The van der Waals surface area contributed by atoms with Gasteiger partial charge in [0.25, 0.3) is 0 Å². The molecule has 2 aromatic heterocycles. The highest BCUT2D eigenvalue weighted by molar-refractivity contribution is 7.89. The van der Waals surface area contributed by atoms with Crippen LogP contribution in [0.25, 0.3) is 11.0 Å². The second-order valence-corrected chi connectivity index (χ2v) is 10.4. The predicted octanol–water partition coefficient (Wildman–Crippen LogP) is 0.136. The zero-order valence-electron chi connectivity index (χ0n) is 17.9. The molecular weight excluding hydrogens is 464 g/mol. The number of aromatic nitrogens is 4. The molecule has 1 amide bonds. The summed E-state index contributed by atoms with van der Waals surface area (Å²) in [7, 11) is -3.67. The molecule has 0 atom stereocenters. The molecule has 0 aliphatic carbocycles. The van der Waals surface area contributed by atoms with Crippen molar-refractivity contribution in [3.05, 3.63) is 36.7 Å². The molecule has 0 bridgehead atoms. The number of carbonyl (C=O) groups excluding carboxylic acids is 1. The average Bonchev–Trinajstić information content (AvgIpc) is 3.34. The Kier molecular flexibility index (Phi) is 6.19. The van der Waals surface area contributed by atoms with E-state index in [1.165, 1.54) is 4.31 Å². The minimum Gasteiger partial charge on any atom is -0.338 e. The van der Waals surface area contributed by atoms with E-state index in [0.717, 1.165) is 11.7 Å². The minimum absolute atomic E-state index is 0.0678. The normalized spacial score (nSPS) is 18.7. The molecule has 0 radical (unpaired) electrons. The van der Waals surface area contributed by atoms with E-state index in [9.17, 15) is 13.2 Å². The summed E-state index contributed by atoms with van der Waals surface area (Å²) < 4.78 is 36.1. The lowest BCUT2D eigenvalue weighted by Crippen LogP contribution is -2.54. The van der Waals surface area contributed by atoms with Crippen molar-refractivity contribution < 1.29 is 13.2 Å². The molecule has 5 rings (SSSR count). The Morgan fingerprint density at radius 2 is 1.64 bits per heavy atom. The Bertz CT molecular complexity index is 1220. The van der Waals surface area contributed by atoms with E-state index >= 15 is 0 Å². The fraction of sp³-hybridized carbons (Fsp3) is 0.450. The molecule has 174 valence electrons. The Balaban J connectivity index is 1.14. The predicted molar refractivity (Wildman–Crippen MR) is 123 cm³/mol. The second-order valence-electron chi connectivity index (χ2n) is 7.98. The van der Waals surface area contributed by atoms with Gasteiger partial charge in [-0.25, -0.2) is 18.4 Å². The third-order valence-electron chi connectivity index (χ3n) is 6.02. The summed E-state index contributed by atoms with van der Waals surface area (Å²) in [4.78, 5) is 27.5. The van der Waals surface area contributed by atoms with Gasteiger partial charge in [-0.05, 0) is 18.2 Å². The van der Waals surface area contributed by atoms with Crippen LogP contribution in [-0.2, 0) is 14.8 Å². The van der Waals surface area contributed by atoms with Crippen molar-refractivity contribution >= 4 is 44.6 Å². The summed E-state index contributed by atoms with van der Waals surface area (Å²) in [6.07, 6.45) is 3.43. The number of rotatable bonds is 5. The average molecular weight is 489 g/mol. The highest BCUT2D eigenvalue weighted by Gasteiger charge is 2.32. The van der Waals surface area contributed by atoms with E-state index in [4.69, 9.17) is 0 Å². The van der Waals surface area contributed by atoms with Crippen LogP contribution >= 0.6 is 11.7 Å². The molecule has 2 saturated heterocycles. The van der Waals surface area contributed by atoms with Gasteiger partial charge in [0.15, 0.2) is 0 Å². The smallest absolute Gasteiger partial charge is 0.245 e. The van der Waals surface area contributed by atoms with Gasteiger partial charge in [0.1, 0.15) is 15.9 Å². The van der Waals surface area contributed by atoms with E-state index in [1.807, 2.05) is 9.80 Å². The number of sulfonamides is 1. The third kappa shape index (κ3) is 4.53. The Morgan fingerprint density at radius 1 is 0.909 bits per heavy atom. The number of carbonyl (C=O) groups is 1. The summed E-state index contributed by atoms with van der Waals surface area (Å²) in [6, 6.07) is 6.81. The van der Waals surface area contributed by atoms with E-state index in [1.54, 1.807) is 36.7 Å². The SMILES string of the molecule is O=C(CN1CCN(S(=O)(=O)c2cccc3nsnc23)CC1)N1CCN(c2ncccn2)CC1. The van der Waals surface area contributed by atoms with Gasteiger partial charge >= 0.3 is 0 Å². The van der Waals surface area contributed by atoms with Gasteiger partial charge in [-0.3, -0.25) is 9.69 Å². The molecule has 0 N–H and O–H groups in total. The minimum atomic E-state index is -3.67. The molecule has 33 heavy (non-hydrogen) atoms. The monoisotopic (exact) mass is 488 g/mol. The number of fused-ring (bicyclic) bond motifs is 1. The lowest BCUT2D eigenvalue weighted by molar-refractivity contribution is -0.133. The first-order chi connectivity index (χ1) is 16.0. The first-order valence-electron chi connectivity index (χ1n) is 10.8. The van der Waals surface area contributed by atoms with E-state index in [-0.39, 0.29) is 10.8 Å². The number of nitrogens with zero attached hydrogens (tertiary/aromatic N) is 8. The summed E-state index contributed by atoms with van der Waals surface area (Å²) in [5, 5.41) is 0. The maximum atomic E-state index is 13.2. The molecule has 0 saturated carbocycles. The number of hydrogen-bond acceptors (Lipinski definition) is 10. The first-order valence-corrected chi connectivity index (χ1v) is 12.9. The standard InChI is InChI=1S/C20H24N8O3S2/c29-18(26-9-11-27(12-10-26)20-21-5-2-6-22-20)15-25-7-13-28(14-8-25)33(30,31)17-4-1-3-16-19(17)24-32-23-16/h1-6H,7-15H2. The number of piperazine rings is 2. The summed E-state index contributed by atoms with van der Waals surface area (Å²) in [5.41, 5.74) is 1.00. The zero-order valence-corrected chi connectivity index (χ0v) is 19.6. The van der Waals surface area contributed by atoms with Crippen LogP contribution < -0.4 is 4.90 Å². The number of amides is 1. The van der Waals surface area contributed by atoms with Gasteiger partial charge in [0, 0.05) is 64.8 Å². The number of anilines is 1. The summed E-state index contributed by atoms with van der Waals surface area (Å²) >= 11 is 1.01. The largest absolute Gasteiger partial charge is 0.338 e. The Labute approximate surface area is 196 Å². The van der Waals surface area contributed by atoms with Crippen LogP contribution in [-0.4, -0.2) is 106 Å². The molecule has 4 heterocycles. The van der Waals surface area contributed by atoms with Crippen molar-refractivity contribution in [2.45, 2.75) is 4.90 Å². The number of benzene rings is 1. The molecule has 2 fully saturated rings. The summed E-state index contributed by atoms with van der Waals surface area (Å²) in [6.45, 7) is 4.61. The van der Waals surface area contributed by atoms with Gasteiger partial charge in [0.2, 0.25) is 21.9 Å². The first kappa shape index (κ1) is 22.1. The van der Waals surface area contributed by atoms with Crippen molar-refractivity contribution in [3.63, 3.8) is 0 Å². The van der Waals surface area contributed by atoms with Crippen molar-refractivity contribution in [1.29, 1.82) is 0 Å². The molecule has 0 spiro atoms.